The summed E-state index contributed by atoms with van der Waals surface area (Å²) in [6.45, 7) is 22.6. The van der Waals surface area contributed by atoms with Gasteiger partial charge in [-0.2, -0.15) is 0 Å². The summed E-state index contributed by atoms with van der Waals surface area (Å²) in [7, 11) is 0. The molecule has 1 unspecified atom stereocenters. The van der Waals surface area contributed by atoms with Crippen molar-refractivity contribution >= 4 is 0 Å². The third kappa shape index (κ3) is 5.04. The number of piperidine rings is 1. The Morgan fingerprint density at radius 3 is 1.90 bits per heavy atom. The first-order chi connectivity index (χ1) is 9.56. The van der Waals surface area contributed by atoms with Crippen LogP contribution in [0.4, 0.5) is 0 Å². The molecule has 2 aliphatic heterocycles. The van der Waals surface area contributed by atoms with Crippen LogP contribution < -0.4 is 0 Å². The van der Waals surface area contributed by atoms with E-state index in [1.807, 2.05) is 27.7 Å². The maximum atomic E-state index is 2.67. The lowest BCUT2D eigenvalue weighted by atomic mass is 9.76. The Balaban J connectivity index is 0.000000829. The molecule has 0 amide bonds. The van der Waals surface area contributed by atoms with E-state index in [-0.39, 0.29) is 0 Å². The zero-order chi connectivity index (χ0) is 15.8. The fourth-order valence-electron chi connectivity index (χ4n) is 3.71. The van der Waals surface area contributed by atoms with E-state index in [1.54, 1.807) is 0 Å². The smallest absolute Gasteiger partial charge is 0.00728 e. The molecule has 1 spiro atoms. The summed E-state index contributed by atoms with van der Waals surface area (Å²) in [6, 6.07) is 1.55. The highest BCUT2D eigenvalue weighted by molar-refractivity contribution is 4.97. The quantitative estimate of drug-likeness (QED) is 0.728. The van der Waals surface area contributed by atoms with Gasteiger partial charge in [-0.3, -0.25) is 0 Å². The lowest BCUT2D eigenvalue weighted by molar-refractivity contribution is 0.0875. The number of hydrogen-bond donors (Lipinski definition) is 0. The van der Waals surface area contributed by atoms with Crippen LogP contribution in [0.25, 0.3) is 0 Å². The highest BCUT2D eigenvalue weighted by atomic mass is 15.2. The second kappa shape index (κ2) is 9.78. The van der Waals surface area contributed by atoms with Gasteiger partial charge in [-0.1, -0.05) is 34.6 Å². The second-order valence-electron chi connectivity index (χ2n) is 6.25. The van der Waals surface area contributed by atoms with Crippen LogP contribution >= 0.6 is 0 Å². The molecule has 2 saturated heterocycles. The van der Waals surface area contributed by atoms with Crippen LogP contribution in [0.3, 0.4) is 0 Å². The molecule has 2 fully saturated rings. The Bertz CT molecular complexity index is 230. The third-order valence-corrected chi connectivity index (χ3v) is 4.89. The number of rotatable bonds is 2. The molecule has 1 atom stereocenters. The van der Waals surface area contributed by atoms with Gasteiger partial charge in [-0.15, -0.1) is 0 Å². The van der Waals surface area contributed by atoms with Crippen LogP contribution in [-0.2, 0) is 0 Å². The number of nitrogens with zero attached hydrogens (tertiary/aromatic N) is 2. The van der Waals surface area contributed by atoms with Crippen LogP contribution in [0.5, 0.6) is 0 Å². The molecule has 0 aliphatic carbocycles. The van der Waals surface area contributed by atoms with Crippen molar-refractivity contribution in [3.63, 3.8) is 0 Å². The minimum absolute atomic E-state index is 0.667. The molecular formula is C18H40N2. The molecule has 0 radical (unpaired) electrons. The molecule has 2 heterocycles. The Kier molecular flexibility index (Phi) is 9.74. The van der Waals surface area contributed by atoms with Crippen molar-refractivity contribution in [2.75, 3.05) is 26.2 Å². The monoisotopic (exact) mass is 284 g/mol. The van der Waals surface area contributed by atoms with Gasteiger partial charge in [0.1, 0.15) is 0 Å². The van der Waals surface area contributed by atoms with Gasteiger partial charge in [0.15, 0.2) is 0 Å². The molecule has 2 rings (SSSR count). The van der Waals surface area contributed by atoms with Gasteiger partial charge < -0.3 is 9.80 Å². The Hall–Kier alpha value is -0.0800. The molecule has 0 N–H and O–H groups in total. The van der Waals surface area contributed by atoms with Crippen molar-refractivity contribution in [2.24, 2.45) is 5.41 Å². The fraction of sp³-hybridized carbons (Fsp3) is 1.00. The summed E-state index contributed by atoms with van der Waals surface area (Å²) in [5, 5.41) is 0. The molecule has 0 aromatic carbocycles. The van der Waals surface area contributed by atoms with Crippen molar-refractivity contribution in [2.45, 2.75) is 86.7 Å². The third-order valence-electron chi connectivity index (χ3n) is 4.89. The molecule has 0 aromatic rings. The minimum atomic E-state index is 0.667. The zero-order valence-electron chi connectivity index (χ0n) is 15.5. The van der Waals surface area contributed by atoms with Crippen LogP contribution in [0.2, 0.25) is 0 Å². The predicted octanol–water partition coefficient (Wildman–Crippen LogP) is 4.64. The molecule has 2 nitrogen and oxygen atoms in total. The average molecular weight is 285 g/mol. The molecular weight excluding hydrogens is 244 g/mol. The molecule has 122 valence electrons. The van der Waals surface area contributed by atoms with Crippen molar-refractivity contribution in [3.8, 4) is 0 Å². The highest BCUT2D eigenvalue weighted by Gasteiger charge is 2.43. The largest absolute Gasteiger partial charge is 0.301 e. The van der Waals surface area contributed by atoms with E-state index in [1.165, 1.54) is 45.4 Å². The summed E-state index contributed by atoms with van der Waals surface area (Å²) in [6.07, 6.45) is 4.28. The van der Waals surface area contributed by atoms with E-state index < -0.39 is 0 Å². The van der Waals surface area contributed by atoms with E-state index in [0.29, 0.717) is 5.41 Å². The van der Waals surface area contributed by atoms with Crippen LogP contribution in [0.15, 0.2) is 0 Å². The predicted molar refractivity (Wildman–Crippen MR) is 92.4 cm³/mol. The molecule has 2 heteroatoms. The van der Waals surface area contributed by atoms with Crippen LogP contribution in [0.1, 0.15) is 74.7 Å². The highest BCUT2D eigenvalue weighted by Crippen LogP contribution is 2.43. The van der Waals surface area contributed by atoms with Crippen molar-refractivity contribution in [1.82, 2.24) is 9.80 Å². The number of hydrogen-bond acceptors (Lipinski definition) is 2. The van der Waals surface area contributed by atoms with Gasteiger partial charge in [0, 0.05) is 18.6 Å². The Morgan fingerprint density at radius 2 is 1.55 bits per heavy atom. The van der Waals surface area contributed by atoms with Crippen molar-refractivity contribution in [1.29, 1.82) is 0 Å². The van der Waals surface area contributed by atoms with Crippen LogP contribution in [0, 0.1) is 5.41 Å². The summed E-state index contributed by atoms with van der Waals surface area (Å²) >= 11 is 0. The van der Waals surface area contributed by atoms with Gasteiger partial charge in [-0.25, -0.2) is 0 Å². The first-order valence-electron chi connectivity index (χ1n) is 9.04. The topological polar surface area (TPSA) is 6.48 Å². The zero-order valence-corrected chi connectivity index (χ0v) is 15.5. The van der Waals surface area contributed by atoms with Gasteiger partial charge >= 0.3 is 0 Å². The lowest BCUT2D eigenvalue weighted by Crippen LogP contribution is -2.44. The molecule has 0 aromatic heterocycles. The molecule has 0 bridgehead atoms. The SMILES string of the molecule is CC.CC.CCN1CC2(CCN(C(C)C)CC2)CC1C. The summed E-state index contributed by atoms with van der Waals surface area (Å²) in [4.78, 5) is 5.32. The van der Waals surface area contributed by atoms with E-state index in [9.17, 15) is 0 Å². The Morgan fingerprint density at radius 1 is 1.05 bits per heavy atom. The van der Waals surface area contributed by atoms with E-state index in [4.69, 9.17) is 0 Å². The fourth-order valence-corrected chi connectivity index (χ4v) is 3.71. The van der Waals surface area contributed by atoms with E-state index >= 15 is 0 Å². The minimum Gasteiger partial charge on any atom is -0.301 e. The lowest BCUT2D eigenvalue weighted by Gasteiger charge is -2.41. The maximum absolute atomic E-state index is 2.67. The van der Waals surface area contributed by atoms with Gasteiger partial charge in [-0.05, 0) is 65.1 Å². The van der Waals surface area contributed by atoms with Gasteiger partial charge in [0.2, 0.25) is 0 Å². The number of likely N-dealkylation sites (tertiary alicyclic amines) is 2. The Labute approximate surface area is 128 Å². The summed E-state index contributed by atoms with van der Waals surface area (Å²) < 4.78 is 0. The van der Waals surface area contributed by atoms with Crippen molar-refractivity contribution in [3.05, 3.63) is 0 Å². The average Bonchev–Trinajstić information content (AvgIpc) is 2.79. The molecule has 2 aliphatic rings. The standard InChI is InChI=1S/C14H28N2.2C2H6/c1-5-15-11-14(10-13(15)4)6-8-16(9-7-14)12(2)3;2*1-2/h12-13H,5-11H2,1-4H3;2*1-2H3. The summed E-state index contributed by atoms with van der Waals surface area (Å²) in [5.74, 6) is 0. The molecule has 20 heavy (non-hydrogen) atoms. The first-order valence-corrected chi connectivity index (χ1v) is 9.04. The van der Waals surface area contributed by atoms with E-state index in [0.717, 1.165) is 12.1 Å². The second-order valence-corrected chi connectivity index (χ2v) is 6.25. The summed E-state index contributed by atoms with van der Waals surface area (Å²) in [5.41, 5.74) is 0.667. The maximum Gasteiger partial charge on any atom is 0.00728 e. The molecule has 0 saturated carbocycles. The van der Waals surface area contributed by atoms with E-state index in [2.05, 4.69) is 37.5 Å². The normalized spacial score (nSPS) is 25.9. The van der Waals surface area contributed by atoms with Crippen LogP contribution in [-0.4, -0.2) is 48.1 Å². The van der Waals surface area contributed by atoms with Gasteiger partial charge in [0.05, 0.1) is 0 Å². The van der Waals surface area contributed by atoms with Gasteiger partial charge in [0.25, 0.3) is 0 Å². The first kappa shape index (κ1) is 19.9. The van der Waals surface area contributed by atoms with Crippen molar-refractivity contribution < 1.29 is 0 Å².